The van der Waals surface area contributed by atoms with Gasteiger partial charge in [-0.3, -0.25) is 19.9 Å². The largest absolute Gasteiger partial charge is 0.418 e. The van der Waals surface area contributed by atoms with Crippen molar-refractivity contribution in [3.63, 3.8) is 0 Å². The summed E-state index contributed by atoms with van der Waals surface area (Å²) in [7, 11) is 1.21. The second kappa shape index (κ2) is 9.51. The van der Waals surface area contributed by atoms with Gasteiger partial charge < -0.3 is 5.32 Å². The number of carbonyl (C=O) groups is 2. The number of imide groups is 1. The van der Waals surface area contributed by atoms with Gasteiger partial charge in [0.15, 0.2) is 6.17 Å². The molecule has 2 aromatic rings. The zero-order valence-corrected chi connectivity index (χ0v) is 18.6. The summed E-state index contributed by atoms with van der Waals surface area (Å²) in [5, 5.41) is 5.15. The Kier molecular flexibility index (Phi) is 7.25. The van der Waals surface area contributed by atoms with Crippen molar-refractivity contribution >= 4 is 46.5 Å². The summed E-state index contributed by atoms with van der Waals surface area (Å²) in [6.45, 7) is 0. The van der Waals surface area contributed by atoms with Crippen LogP contribution < -0.4 is 15.5 Å². The monoisotopic (exact) mass is 528 g/mol. The van der Waals surface area contributed by atoms with Gasteiger partial charge in [-0.2, -0.15) is 26.3 Å². The van der Waals surface area contributed by atoms with Crippen LogP contribution in [0.2, 0.25) is 5.02 Å². The van der Waals surface area contributed by atoms with E-state index in [1.807, 2.05) is 0 Å². The summed E-state index contributed by atoms with van der Waals surface area (Å²) in [6.07, 6.45) is -12.8. The first-order valence-corrected chi connectivity index (χ1v) is 10.4. The van der Waals surface area contributed by atoms with Gasteiger partial charge >= 0.3 is 18.4 Å². The van der Waals surface area contributed by atoms with Gasteiger partial charge in [0, 0.05) is 12.7 Å². The third-order valence-corrected chi connectivity index (χ3v) is 5.55. The van der Waals surface area contributed by atoms with Crippen LogP contribution in [-0.2, 0) is 17.1 Å². The topological polar surface area (TPSA) is 64.7 Å². The number of urea groups is 1. The quantitative estimate of drug-likeness (QED) is 0.229. The number of rotatable bonds is 6. The summed E-state index contributed by atoms with van der Waals surface area (Å²) in [5.41, 5.74) is -3.60. The summed E-state index contributed by atoms with van der Waals surface area (Å²) in [6, 6.07) is 6.40. The van der Waals surface area contributed by atoms with Crippen molar-refractivity contribution in [1.82, 2.24) is 10.2 Å². The molecule has 2 unspecified atom stereocenters. The van der Waals surface area contributed by atoms with E-state index in [9.17, 15) is 35.9 Å². The molecular weight excluding hydrogens is 513 g/mol. The third-order valence-electron chi connectivity index (χ3n) is 4.92. The number of hydrogen-bond acceptors (Lipinski definition) is 4. The number of hydrogen-bond donors (Lipinski definition) is 2. The van der Waals surface area contributed by atoms with Gasteiger partial charge in [0.2, 0.25) is 0 Å². The van der Waals surface area contributed by atoms with Gasteiger partial charge in [0.25, 0.3) is 5.91 Å². The van der Waals surface area contributed by atoms with Crippen molar-refractivity contribution in [2.24, 2.45) is 0 Å². The molecular formula is C20H16Cl2F6N4O2. The smallest absolute Gasteiger partial charge is 0.368 e. The van der Waals surface area contributed by atoms with Gasteiger partial charge in [-0.05, 0) is 30.3 Å². The number of halogens is 8. The van der Waals surface area contributed by atoms with E-state index in [1.54, 1.807) is 12.1 Å². The van der Waals surface area contributed by atoms with Crippen molar-refractivity contribution in [3.05, 3.63) is 58.6 Å². The second-order valence-electron chi connectivity index (χ2n) is 7.18. The first-order valence-electron chi connectivity index (χ1n) is 9.48. The maximum Gasteiger partial charge on any atom is 0.418 e. The number of amides is 3. The summed E-state index contributed by atoms with van der Waals surface area (Å²) >= 11 is 12.0. The second-order valence-corrected chi connectivity index (χ2v) is 7.89. The molecule has 0 saturated carbocycles. The Bertz CT molecular complexity index is 1100. The van der Waals surface area contributed by atoms with Crippen LogP contribution in [0.3, 0.4) is 0 Å². The molecule has 1 fully saturated rings. The molecule has 1 heterocycles. The molecule has 3 amide bonds. The van der Waals surface area contributed by atoms with Gasteiger partial charge in [-0.1, -0.05) is 23.7 Å². The highest BCUT2D eigenvalue weighted by Crippen LogP contribution is 2.39. The fourth-order valence-corrected chi connectivity index (χ4v) is 3.67. The van der Waals surface area contributed by atoms with Crippen LogP contribution in [-0.4, -0.2) is 42.1 Å². The number of carbonyl (C=O) groups excluding carboxylic acids is 2. The van der Waals surface area contributed by atoms with Crippen LogP contribution in [0.4, 0.5) is 42.5 Å². The molecule has 1 aliphatic rings. The van der Waals surface area contributed by atoms with E-state index >= 15 is 0 Å². The van der Waals surface area contributed by atoms with Gasteiger partial charge in [-0.15, -0.1) is 11.6 Å². The Labute approximate surface area is 199 Å². The molecule has 2 aromatic carbocycles. The molecule has 0 radical (unpaired) electrons. The standard InChI is InChI=1S/C20H16Cl2F6N4O2/c1-31-17(33)16(32(18(31)34)14-5-3-2-4-12(14)22)30-15(9-21)29-13-7-6-10(19(23,24)25)8-11(13)20(26,27)28/h2-8,15-16,29-30H,9H2,1H3. The highest BCUT2D eigenvalue weighted by Gasteiger charge is 2.46. The first kappa shape index (κ1) is 25.9. The Morgan fingerprint density at radius 2 is 1.68 bits per heavy atom. The van der Waals surface area contributed by atoms with Crippen LogP contribution in [0.5, 0.6) is 0 Å². The van der Waals surface area contributed by atoms with Crippen LogP contribution in [0, 0.1) is 0 Å². The zero-order chi connectivity index (χ0) is 25.4. The lowest BCUT2D eigenvalue weighted by Crippen LogP contribution is -2.54. The number of likely N-dealkylation sites (N-methyl/N-ethyl adjacent to an activating group) is 1. The van der Waals surface area contributed by atoms with E-state index < -0.39 is 59.3 Å². The minimum Gasteiger partial charge on any atom is -0.368 e. The van der Waals surface area contributed by atoms with Crippen molar-refractivity contribution in [2.45, 2.75) is 24.7 Å². The molecule has 184 valence electrons. The van der Waals surface area contributed by atoms with E-state index in [0.717, 1.165) is 9.80 Å². The molecule has 0 aliphatic carbocycles. The summed E-state index contributed by atoms with van der Waals surface area (Å²) in [5.74, 6) is -1.17. The van der Waals surface area contributed by atoms with Gasteiger partial charge in [0.1, 0.15) is 0 Å². The maximum absolute atomic E-state index is 13.5. The lowest BCUT2D eigenvalue weighted by Gasteiger charge is -2.29. The molecule has 0 bridgehead atoms. The maximum atomic E-state index is 13.5. The number of nitrogens with one attached hydrogen (secondary N) is 2. The first-order chi connectivity index (χ1) is 15.8. The van der Waals surface area contributed by atoms with Crippen molar-refractivity contribution in [1.29, 1.82) is 0 Å². The van der Waals surface area contributed by atoms with Gasteiger partial charge in [-0.25, -0.2) is 4.79 Å². The van der Waals surface area contributed by atoms with E-state index in [1.165, 1.54) is 19.2 Å². The van der Waals surface area contributed by atoms with E-state index in [4.69, 9.17) is 23.2 Å². The SMILES string of the molecule is CN1C(=O)C(NC(CCl)Nc2ccc(C(F)(F)F)cc2C(F)(F)F)N(c2ccccc2Cl)C1=O. The summed E-state index contributed by atoms with van der Waals surface area (Å²) < 4.78 is 79.2. The Morgan fingerprint density at radius 1 is 1.03 bits per heavy atom. The van der Waals surface area contributed by atoms with E-state index in [-0.39, 0.29) is 16.8 Å². The Morgan fingerprint density at radius 3 is 2.24 bits per heavy atom. The lowest BCUT2D eigenvalue weighted by atomic mass is 10.1. The average Bonchev–Trinajstić information content (AvgIpc) is 2.96. The summed E-state index contributed by atoms with van der Waals surface area (Å²) in [4.78, 5) is 27.1. The molecule has 14 heteroatoms. The predicted octanol–water partition coefficient (Wildman–Crippen LogP) is 5.37. The van der Waals surface area contributed by atoms with Crippen molar-refractivity contribution < 1.29 is 35.9 Å². The Hall–Kier alpha value is -2.70. The van der Waals surface area contributed by atoms with Crippen LogP contribution in [0.15, 0.2) is 42.5 Å². The average molecular weight is 529 g/mol. The number of alkyl halides is 7. The molecule has 2 N–H and O–H groups in total. The van der Waals surface area contributed by atoms with Crippen molar-refractivity contribution in [2.75, 3.05) is 23.1 Å². The van der Waals surface area contributed by atoms with E-state index in [2.05, 4.69) is 10.6 Å². The fourth-order valence-electron chi connectivity index (χ4n) is 3.28. The highest BCUT2D eigenvalue weighted by atomic mass is 35.5. The molecule has 34 heavy (non-hydrogen) atoms. The third kappa shape index (κ3) is 5.18. The highest BCUT2D eigenvalue weighted by molar-refractivity contribution is 6.34. The van der Waals surface area contributed by atoms with E-state index in [0.29, 0.717) is 12.1 Å². The molecule has 0 spiro atoms. The zero-order valence-electron chi connectivity index (χ0n) is 17.1. The molecule has 1 saturated heterocycles. The molecule has 1 aliphatic heterocycles. The normalized spacial score (nSPS) is 18.0. The van der Waals surface area contributed by atoms with Crippen LogP contribution in [0.25, 0.3) is 0 Å². The molecule has 6 nitrogen and oxygen atoms in total. The number of benzene rings is 2. The van der Waals surface area contributed by atoms with Crippen LogP contribution >= 0.6 is 23.2 Å². The number of nitrogens with zero attached hydrogens (tertiary/aromatic N) is 2. The minimum atomic E-state index is -5.12. The molecule has 0 aromatic heterocycles. The number of para-hydroxylation sites is 1. The van der Waals surface area contributed by atoms with Gasteiger partial charge in [0.05, 0.1) is 33.9 Å². The minimum absolute atomic E-state index is 0.0261. The van der Waals surface area contributed by atoms with Crippen LogP contribution in [0.1, 0.15) is 11.1 Å². The lowest BCUT2D eigenvalue weighted by molar-refractivity contribution is -0.142. The molecule has 3 rings (SSSR count). The fraction of sp³-hybridized carbons (Fsp3) is 0.300. The Balaban J connectivity index is 1.94. The molecule has 2 atom stereocenters. The number of anilines is 2. The van der Waals surface area contributed by atoms with Crippen molar-refractivity contribution in [3.8, 4) is 0 Å². The predicted molar refractivity (Wildman–Crippen MR) is 114 cm³/mol.